The van der Waals surface area contributed by atoms with Crippen LogP contribution in [0, 0.1) is 13.8 Å². The van der Waals surface area contributed by atoms with E-state index in [1.165, 1.54) is 5.56 Å². The largest absolute Gasteiger partial charge is 0.373 e. The molecule has 2 aromatic rings. The van der Waals surface area contributed by atoms with Crippen molar-refractivity contribution in [1.82, 2.24) is 9.88 Å². The Bertz CT molecular complexity index is 635. The van der Waals surface area contributed by atoms with Crippen molar-refractivity contribution in [3.05, 3.63) is 58.8 Å². The minimum absolute atomic E-state index is 0.00225. The summed E-state index contributed by atoms with van der Waals surface area (Å²) in [6.07, 6.45) is 0. The van der Waals surface area contributed by atoms with Gasteiger partial charge >= 0.3 is 0 Å². The van der Waals surface area contributed by atoms with Gasteiger partial charge in [0.15, 0.2) is 0 Å². The number of hydrogen-bond acceptors (Lipinski definition) is 3. The van der Waals surface area contributed by atoms with Crippen LogP contribution in [0.3, 0.4) is 0 Å². The number of amides is 1. The van der Waals surface area contributed by atoms with Crippen molar-refractivity contribution in [2.75, 3.05) is 19.4 Å². The van der Waals surface area contributed by atoms with Gasteiger partial charge in [-0.1, -0.05) is 29.8 Å². The zero-order chi connectivity index (χ0) is 15.4. The number of rotatable bonds is 4. The first-order valence-corrected chi connectivity index (χ1v) is 6.97. The molecular weight excluding hydrogens is 262 g/mol. The molecule has 0 radical (unpaired) electrons. The zero-order valence-corrected chi connectivity index (χ0v) is 13.0. The van der Waals surface area contributed by atoms with E-state index in [0.717, 1.165) is 11.3 Å². The van der Waals surface area contributed by atoms with Crippen LogP contribution in [0.2, 0.25) is 0 Å². The van der Waals surface area contributed by atoms with Gasteiger partial charge in [0.25, 0.3) is 5.91 Å². The molecule has 1 aromatic carbocycles. The Hall–Kier alpha value is -2.36. The number of hydrogen-bond donors (Lipinski definition) is 1. The summed E-state index contributed by atoms with van der Waals surface area (Å²) in [4.78, 5) is 18.5. The summed E-state index contributed by atoms with van der Waals surface area (Å²) in [5.41, 5.74) is 3.82. The predicted molar refractivity (Wildman–Crippen MR) is 85.5 cm³/mol. The lowest BCUT2D eigenvalue weighted by atomic mass is 10.1. The molecule has 110 valence electrons. The first kappa shape index (κ1) is 15.0. The molecule has 1 amide bonds. The summed E-state index contributed by atoms with van der Waals surface area (Å²) < 4.78 is 0. The molecule has 0 aliphatic carbocycles. The second-order valence-corrected chi connectivity index (χ2v) is 5.28. The molecule has 1 heterocycles. The Morgan fingerprint density at radius 2 is 1.86 bits per heavy atom. The highest BCUT2D eigenvalue weighted by Crippen LogP contribution is 2.13. The maximum absolute atomic E-state index is 12.5. The summed E-state index contributed by atoms with van der Waals surface area (Å²) in [6, 6.07) is 11.8. The average Bonchev–Trinajstić information content (AvgIpc) is 2.48. The first-order valence-electron chi connectivity index (χ1n) is 6.97. The normalized spacial score (nSPS) is 10.3. The third-order valence-electron chi connectivity index (χ3n) is 3.34. The van der Waals surface area contributed by atoms with Gasteiger partial charge in [-0.2, -0.15) is 0 Å². The fourth-order valence-electron chi connectivity index (χ4n) is 2.18. The number of benzene rings is 1. The summed E-state index contributed by atoms with van der Waals surface area (Å²) in [6.45, 7) is 4.53. The lowest BCUT2D eigenvalue weighted by Crippen LogP contribution is -2.26. The topological polar surface area (TPSA) is 45.2 Å². The fraction of sp³-hybridized carbons (Fsp3) is 0.294. The predicted octanol–water partition coefficient (Wildman–Crippen LogP) is 3.01. The average molecular weight is 283 g/mol. The van der Waals surface area contributed by atoms with Crippen LogP contribution >= 0.6 is 0 Å². The summed E-state index contributed by atoms with van der Waals surface area (Å²) in [7, 11) is 3.61. The smallest absolute Gasteiger partial charge is 0.254 e. The Morgan fingerprint density at radius 1 is 1.19 bits per heavy atom. The maximum atomic E-state index is 12.5. The number of nitrogens with one attached hydrogen (secondary N) is 1. The van der Waals surface area contributed by atoms with Gasteiger partial charge in [-0.05, 0) is 31.5 Å². The second kappa shape index (κ2) is 6.39. The van der Waals surface area contributed by atoms with Gasteiger partial charge < -0.3 is 10.2 Å². The molecule has 0 unspecified atom stereocenters. The Balaban J connectivity index is 2.15. The minimum atomic E-state index is -0.00225. The van der Waals surface area contributed by atoms with Crippen molar-refractivity contribution in [1.29, 1.82) is 0 Å². The zero-order valence-electron chi connectivity index (χ0n) is 13.0. The molecule has 0 spiro atoms. The van der Waals surface area contributed by atoms with Crippen molar-refractivity contribution in [2.45, 2.75) is 20.4 Å². The number of nitrogens with zero attached hydrogens (tertiary/aromatic N) is 2. The summed E-state index contributed by atoms with van der Waals surface area (Å²) in [5.74, 6) is 0.708. The molecule has 0 aliphatic rings. The number of aryl methyl sites for hydroxylation is 2. The molecule has 4 nitrogen and oxygen atoms in total. The number of aromatic nitrogens is 1. The molecule has 1 N–H and O–H groups in total. The lowest BCUT2D eigenvalue weighted by molar-refractivity contribution is 0.0785. The molecule has 4 heteroatoms. The molecule has 0 atom stereocenters. The van der Waals surface area contributed by atoms with E-state index in [9.17, 15) is 4.79 Å². The summed E-state index contributed by atoms with van der Waals surface area (Å²) in [5, 5.41) is 2.98. The molecule has 21 heavy (non-hydrogen) atoms. The molecule has 0 saturated carbocycles. The Morgan fingerprint density at radius 3 is 2.48 bits per heavy atom. The molecule has 2 rings (SSSR count). The van der Waals surface area contributed by atoms with E-state index in [4.69, 9.17) is 0 Å². The number of pyridine rings is 1. The van der Waals surface area contributed by atoms with E-state index in [1.807, 2.05) is 20.0 Å². The van der Waals surface area contributed by atoms with Crippen LogP contribution in [0.1, 0.15) is 27.2 Å². The molecule has 0 saturated heterocycles. The minimum Gasteiger partial charge on any atom is -0.373 e. The van der Waals surface area contributed by atoms with E-state index in [2.05, 4.69) is 41.5 Å². The van der Waals surface area contributed by atoms with Crippen molar-refractivity contribution < 1.29 is 4.79 Å². The monoisotopic (exact) mass is 283 g/mol. The number of carbonyl (C=O) groups excluding carboxylic acids is 1. The van der Waals surface area contributed by atoms with Crippen molar-refractivity contribution in [2.24, 2.45) is 0 Å². The highest BCUT2D eigenvalue weighted by molar-refractivity contribution is 5.94. The van der Waals surface area contributed by atoms with Gasteiger partial charge in [0.2, 0.25) is 0 Å². The molecule has 0 fully saturated rings. The fourth-order valence-corrected chi connectivity index (χ4v) is 2.18. The third-order valence-corrected chi connectivity index (χ3v) is 3.34. The van der Waals surface area contributed by atoms with Crippen molar-refractivity contribution in [3.8, 4) is 0 Å². The van der Waals surface area contributed by atoms with E-state index in [1.54, 1.807) is 18.0 Å². The van der Waals surface area contributed by atoms with Gasteiger partial charge in [0.05, 0.1) is 0 Å². The van der Waals surface area contributed by atoms with Gasteiger partial charge in [-0.15, -0.1) is 0 Å². The second-order valence-electron chi connectivity index (χ2n) is 5.28. The number of anilines is 1. The number of carbonyl (C=O) groups is 1. The van der Waals surface area contributed by atoms with E-state index in [-0.39, 0.29) is 5.91 Å². The van der Waals surface area contributed by atoms with Crippen LogP contribution in [0.4, 0.5) is 5.82 Å². The first-order chi connectivity index (χ1) is 9.99. The van der Waals surface area contributed by atoms with Crippen molar-refractivity contribution >= 4 is 11.7 Å². The lowest BCUT2D eigenvalue weighted by Gasteiger charge is -2.18. The molecule has 0 bridgehead atoms. The standard InChI is InChI=1S/C17H21N3O/c1-12-5-7-14(8-6-12)11-20(4)17(21)15-9-13(2)19-16(10-15)18-3/h5-10H,11H2,1-4H3,(H,18,19). The highest BCUT2D eigenvalue weighted by Gasteiger charge is 2.13. The molecule has 1 aromatic heterocycles. The van der Waals surface area contributed by atoms with Crippen LogP contribution in [0.15, 0.2) is 36.4 Å². The van der Waals surface area contributed by atoms with Crippen LogP contribution < -0.4 is 5.32 Å². The maximum Gasteiger partial charge on any atom is 0.254 e. The van der Waals surface area contributed by atoms with Crippen molar-refractivity contribution in [3.63, 3.8) is 0 Å². The summed E-state index contributed by atoms with van der Waals surface area (Å²) >= 11 is 0. The van der Waals surface area contributed by atoms with Crippen LogP contribution in [-0.2, 0) is 6.54 Å². The SMILES string of the molecule is CNc1cc(C(=O)N(C)Cc2ccc(C)cc2)cc(C)n1. The van der Waals surface area contributed by atoms with Gasteiger partial charge in [-0.25, -0.2) is 4.98 Å². The van der Waals surface area contributed by atoms with Crippen LogP contribution in [-0.4, -0.2) is 29.9 Å². The highest BCUT2D eigenvalue weighted by atomic mass is 16.2. The van der Waals surface area contributed by atoms with E-state index in [0.29, 0.717) is 17.9 Å². The van der Waals surface area contributed by atoms with E-state index < -0.39 is 0 Å². The van der Waals surface area contributed by atoms with Gasteiger partial charge in [0.1, 0.15) is 5.82 Å². The Labute approximate surface area is 125 Å². The van der Waals surface area contributed by atoms with Gasteiger partial charge in [0, 0.05) is 31.9 Å². The van der Waals surface area contributed by atoms with Crippen LogP contribution in [0.5, 0.6) is 0 Å². The quantitative estimate of drug-likeness (QED) is 0.938. The third kappa shape index (κ3) is 3.81. The van der Waals surface area contributed by atoms with Crippen LogP contribution in [0.25, 0.3) is 0 Å². The van der Waals surface area contributed by atoms with E-state index >= 15 is 0 Å². The molecule has 0 aliphatic heterocycles. The van der Waals surface area contributed by atoms with Gasteiger partial charge in [-0.3, -0.25) is 4.79 Å². The Kier molecular flexibility index (Phi) is 4.58. The molecular formula is C17H21N3O.